The van der Waals surface area contributed by atoms with Gasteiger partial charge in [-0.1, -0.05) is 18.5 Å². The van der Waals surface area contributed by atoms with Gasteiger partial charge >= 0.3 is 0 Å². The van der Waals surface area contributed by atoms with E-state index in [4.69, 9.17) is 11.6 Å². The highest BCUT2D eigenvalue weighted by molar-refractivity contribution is 7.89. The number of benzene rings is 1. The predicted molar refractivity (Wildman–Crippen MR) is 79.4 cm³/mol. The van der Waals surface area contributed by atoms with E-state index in [1.165, 1.54) is 0 Å². The molecule has 1 unspecified atom stereocenters. The van der Waals surface area contributed by atoms with E-state index in [0.29, 0.717) is 18.0 Å². The van der Waals surface area contributed by atoms with E-state index in [-0.39, 0.29) is 24.1 Å². The third kappa shape index (κ3) is 3.71. The lowest BCUT2D eigenvalue weighted by molar-refractivity contribution is -0.117. The molecule has 1 amide bonds. The molecule has 2 rings (SSSR count). The lowest BCUT2D eigenvalue weighted by Crippen LogP contribution is -2.38. The molecule has 1 aliphatic rings. The van der Waals surface area contributed by atoms with E-state index < -0.39 is 10.0 Å². The molecule has 110 valence electrons. The van der Waals surface area contributed by atoms with Crippen LogP contribution in [-0.2, 0) is 14.8 Å². The summed E-state index contributed by atoms with van der Waals surface area (Å²) in [4.78, 5) is 13.6. The Balaban J connectivity index is 2.06. The van der Waals surface area contributed by atoms with Crippen molar-refractivity contribution in [3.63, 3.8) is 0 Å². The number of hydrogen-bond donors (Lipinski definition) is 1. The lowest BCUT2D eigenvalue weighted by atomic mass is 10.3. The Morgan fingerprint density at radius 2 is 2.00 bits per heavy atom. The summed E-state index contributed by atoms with van der Waals surface area (Å²) in [6.07, 6.45) is 0.739. The number of nitrogens with zero attached hydrogens (tertiary/aromatic N) is 1. The maximum atomic E-state index is 12.0. The maximum Gasteiger partial charge on any atom is 0.228 e. The molecule has 1 heterocycles. The molecule has 0 aromatic heterocycles. The smallest absolute Gasteiger partial charge is 0.228 e. The van der Waals surface area contributed by atoms with E-state index in [1.54, 1.807) is 36.1 Å². The second-order valence-corrected chi connectivity index (χ2v) is 7.13. The number of rotatable bonds is 5. The van der Waals surface area contributed by atoms with Gasteiger partial charge in [0, 0.05) is 29.7 Å². The van der Waals surface area contributed by atoms with Gasteiger partial charge in [-0.05, 0) is 30.7 Å². The van der Waals surface area contributed by atoms with Gasteiger partial charge in [-0.25, -0.2) is 13.1 Å². The third-order valence-corrected chi connectivity index (χ3v) is 4.97. The fraction of sp³-hybridized carbons (Fsp3) is 0.462. The van der Waals surface area contributed by atoms with Crippen molar-refractivity contribution in [2.24, 2.45) is 0 Å². The highest BCUT2D eigenvalue weighted by atomic mass is 35.5. The van der Waals surface area contributed by atoms with Crippen LogP contribution in [0.4, 0.5) is 5.69 Å². The van der Waals surface area contributed by atoms with Crippen molar-refractivity contribution in [1.29, 1.82) is 0 Å². The highest BCUT2D eigenvalue weighted by Gasteiger charge is 2.32. The van der Waals surface area contributed by atoms with Gasteiger partial charge < -0.3 is 4.90 Å². The molecular weight excluding hydrogens is 300 g/mol. The molecule has 1 aromatic rings. The first-order valence-electron chi connectivity index (χ1n) is 6.47. The first-order valence-corrected chi connectivity index (χ1v) is 8.50. The molecule has 1 N–H and O–H groups in total. The molecular formula is C13H17ClN2O3S. The minimum atomic E-state index is -3.30. The Bertz CT molecular complexity index is 586. The van der Waals surface area contributed by atoms with Crippen LogP contribution in [0.15, 0.2) is 24.3 Å². The largest absolute Gasteiger partial charge is 0.311 e. The van der Waals surface area contributed by atoms with Gasteiger partial charge in [0.2, 0.25) is 15.9 Å². The van der Waals surface area contributed by atoms with Crippen LogP contribution in [0.25, 0.3) is 0 Å². The Morgan fingerprint density at radius 1 is 1.35 bits per heavy atom. The molecule has 1 saturated heterocycles. The number of hydrogen-bond acceptors (Lipinski definition) is 3. The fourth-order valence-corrected chi connectivity index (χ4v) is 3.69. The first-order chi connectivity index (χ1) is 9.41. The van der Waals surface area contributed by atoms with Gasteiger partial charge in [-0.15, -0.1) is 0 Å². The van der Waals surface area contributed by atoms with Crippen molar-refractivity contribution in [1.82, 2.24) is 4.72 Å². The van der Waals surface area contributed by atoms with Crippen molar-refractivity contribution in [2.75, 3.05) is 17.2 Å². The van der Waals surface area contributed by atoms with Crippen LogP contribution >= 0.6 is 11.6 Å². The maximum absolute atomic E-state index is 12.0. The predicted octanol–water partition coefficient (Wildman–Crippen LogP) is 1.77. The van der Waals surface area contributed by atoms with Crippen molar-refractivity contribution in [3.8, 4) is 0 Å². The zero-order chi connectivity index (χ0) is 14.8. The number of carbonyl (C=O) groups excluding carboxylic acids is 1. The van der Waals surface area contributed by atoms with Crippen LogP contribution in [0.2, 0.25) is 5.02 Å². The molecule has 0 spiro atoms. The molecule has 0 aliphatic carbocycles. The number of anilines is 1. The molecule has 1 aliphatic heterocycles. The molecule has 7 heteroatoms. The summed E-state index contributed by atoms with van der Waals surface area (Å²) in [5.74, 6) is -0.00458. The van der Waals surface area contributed by atoms with Crippen molar-refractivity contribution in [3.05, 3.63) is 29.3 Å². The van der Waals surface area contributed by atoms with Crippen LogP contribution in [0.5, 0.6) is 0 Å². The summed E-state index contributed by atoms with van der Waals surface area (Å²) in [6.45, 7) is 2.16. The fourth-order valence-electron chi connectivity index (χ4n) is 2.24. The summed E-state index contributed by atoms with van der Waals surface area (Å²) in [6, 6.07) is 6.55. The number of carbonyl (C=O) groups is 1. The molecule has 0 bridgehead atoms. The first kappa shape index (κ1) is 15.3. The quantitative estimate of drug-likeness (QED) is 0.900. The molecule has 1 aromatic carbocycles. The van der Waals surface area contributed by atoms with Gasteiger partial charge in [0.1, 0.15) is 0 Å². The summed E-state index contributed by atoms with van der Waals surface area (Å²) < 4.78 is 26.0. The van der Waals surface area contributed by atoms with Gasteiger partial charge in [0.25, 0.3) is 0 Å². The summed E-state index contributed by atoms with van der Waals surface area (Å²) in [7, 11) is -3.30. The molecule has 0 radical (unpaired) electrons. The van der Waals surface area contributed by atoms with Crippen LogP contribution < -0.4 is 9.62 Å². The normalized spacial score (nSPS) is 19.6. The van der Waals surface area contributed by atoms with Crippen molar-refractivity contribution in [2.45, 2.75) is 25.8 Å². The monoisotopic (exact) mass is 316 g/mol. The van der Waals surface area contributed by atoms with Crippen LogP contribution in [-0.4, -0.2) is 32.7 Å². The Kier molecular flexibility index (Phi) is 4.67. The standard InChI is InChI=1S/C13H17ClN2O3S/c1-2-7-20(18,19)15-11-8-13(17)16(9-11)12-5-3-10(14)4-6-12/h3-6,11,15H,2,7-9H2,1H3. The molecule has 5 nitrogen and oxygen atoms in total. The SMILES string of the molecule is CCCS(=O)(=O)NC1CC(=O)N(c2ccc(Cl)cc2)C1. The lowest BCUT2D eigenvalue weighted by Gasteiger charge is -2.17. The van der Waals surface area contributed by atoms with Crippen LogP contribution in [0.1, 0.15) is 19.8 Å². The Labute approximate surface area is 124 Å². The van der Waals surface area contributed by atoms with Gasteiger partial charge in [0.15, 0.2) is 0 Å². The second kappa shape index (κ2) is 6.11. The number of halogens is 1. The third-order valence-electron chi connectivity index (χ3n) is 3.08. The number of amides is 1. The van der Waals surface area contributed by atoms with Crippen LogP contribution in [0.3, 0.4) is 0 Å². The molecule has 20 heavy (non-hydrogen) atoms. The number of nitrogens with one attached hydrogen (secondary N) is 1. The van der Waals surface area contributed by atoms with Gasteiger partial charge in [0.05, 0.1) is 5.75 Å². The van der Waals surface area contributed by atoms with Crippen molar-refractivity contribution >= 4 is 33.2 Å². The zero-order valence-electron chi connectivity index (χ0n) is 11.2. The van der Waals surface area contributed by atoms with Crippen molar-refractivity contribution < 1.29 is 13.2 Å². The van der Waals surface area contributed by atoms with E-state index in [9.17, 15) is 13.2 Å². The summed E-state index contributed by atoms with van der Waals surface area (Å²) in [5, 5.41) is 0.598. The molecule has 1 fully saturated rings. The Hall–Kier alpha value is -1.11. The summed E-state index contributed by atoms with van der Waals surface area (Å²) >= 11 is 5.81. The molecule has 0 saturated carbocycles. The van der Waals surface area contributed by atoms with E-state index >= 15 is 0 Å². The highest BCUT2D eigenvalue weighted by Crippen LogP contribution is 2.23. The Morgan fingerprint density at radius 3 is 2.60 bits per heavy atom. The summed E-state index contributed by atoms with van der Waals surface area (Å²) in [5.41, 5.74) is 0.733. The van der Waals surface area contributed by atoms with E-state index in [2.05, 4.69) is 4.72 Å². The zero-order valence-corrected chi connectivity index (χ0v) is 12.7. The van der Waals surface area contributed by atoms with E-state index in [0.717, 1.165) is 5.69 Å². The molecule has 1 atom stereocenters. The second-order valence-electron chi connectivity index (χ2n) is 4.82. The average Bonchev–Trinajstić information content (AvgIpc) is 2.70. The van der Waals surface area contributed by atoms with E-state index in [1.807, 2.05) is 0 Å². The number of sulfonamides is 1. The minimum absolute atomic E-state index is 0.0820. The minimum Gasteiger partial charge on any atom is -0.311 e. The van der Waals surface area contributed by atoms with Gasteiger partial charge in [-0.3, -0.25) is 4.79 Å². The average molecular weight is 317 g/mol. The topological polar surface area (TPSA) is 66.5 Å². The van der Waals surface area contributed by atoms with Crippen LogP contribution in [0, 0.1) is 0 Å². The van der Waals surface area contributed by atoms with Gasteiger partial charge in [-0.2, -0.15) is 0 Å².